The first-order valence-corrected chi connectivity index (χ1v) is 6.23. The van der Waals surface area contributed by atoms with E-state index >= 15 is 0 Å². The van der Waals surface area contributed by atoms with Crippen molar-refractivity contribution in [2.24, 2.45) is 0 Å². The summed E-state index contributed by atoms with van der Waals surface area (Å²) in [6.45, 7) is 2.85. The van der Waals surface area contributed by atoms with Crippen LogP contribution < -0.4 is 5.73 Å². The molecule has 1 amide bonds. The Labute approximate surface area is 106 Å². The van der Waals surface area contributed by atoms with Crippen molar-refractivity contribution in [3.05, 3.63) is 22.8 Å². The van der Waals surface area contributed by atoms with Gasteiger partial charge in [-0.15, -0.1) is 0 Å². The van der Waals surface area contributed by atoms with Crippen LogP contribution in [0.2, 0.25) is 5.02 Å². The van der Waals surface area contributed by atoms with Gasteiger partial charge in [0.15, 0.2) is 0 Å². The molecule has 5 heteroatoms. The molecule has 4 nitrogen and oxygen atoms in total. The highest BCUT2D eigenvalue weighted by molar-refractivity contribution is 6.33. The minimum Gasteiger partial charge on any atom is -0.382 e. The number of nitrogens with zero attached hydrogens (tertiary/aromatic N) is 2. The number of pyridine rings is 1. The van der Waals surface area contributed by atoms with Gasteiger partial charge >= 0.3 is 0 Å². The Hall–Kier alpha value is -1.29. The molecule has 1 saturated carbocycles. The third kappa shape index (κ3) is 2.69. The molecule has 1 heterocycles. The number of aromatic nitrogens is 1. The van der Waals surface area contributed by atoms with E-state index in [0.29, 0.717) is 16.6 Å². The van der Waals surface area contributed by atoms with Crippen LogP contribution in [0, 0.1) is 0 Å². The zero-order valence-electron chi connectivity index (χ0n) is 9.82. The molecular formula is C12H16ClN3O. The van der Waals surface area contributed by atoms with Crippen molar-refractivity contribution in [3.8, 4) is 0 Å². The summed E-state index contributed by atoms with van der Waals surface area (Å²) in [5.41, 5.74) is 6.05. The van der Waals surface area contributed by atoms with Gasteiger partial charge in [0.2, 0.25) is 0 Å². The van der Waals surface area contributed by atoms with Crippen molar-refractivity contribution < 1.29 is 4.79 Å². The maximum Gasteiger partial charge on any atom is 0.255 e. The van der Waals surface area contributed by atoms with Crippen LogP contribution in [-0.4, -0.2) is 28.4 Å². The van der Waals surface area contributed by atoms with Gasteiger partial charge in [0, 0.05) is 18.8 Å². The average Bonchev–Trinajstić information content (AvgIpc) is 3.13. The maximum atomic E-state index is 12.3. The van der Waals surface area contributed by atoms with Crippen LogP contribution in [0.3, 0.4) is 0 Å². The number of hydrogen-bond donors (Lipinski definition) is 1. The second-order valence-electron chi connectivity index (χ2n) is 4.32. The molecule has 0 radical (unpaired) electrons. The lowest BCUT2D eigenvalue weighted by Gasteiger charge is -2.21. The number of hydrogen-bond acceptors (Lipinski definition) is 3. The van der Waals surface area contributed by atoms with E-state index < -0.39 is 0 Å². The first kappa shape index (κ1) is 12.2. The fourth-order valence-corrected chi connectivity index (χ4v) is 1.97. The van der Waals surface area contributed by atoms with Gasteiger partial charge in [0.25, 0.3) is 5.91 Å². The lowest BCUT2D eigenvalue weighted by molar-refractivity contribution is 0.0743. The SMILES string of the molecule is CCCN(C(=O)c1cnc(N)c(Cl)c1)C1CC1. The van der Waals surface area contributed by atoms with E-state index in [2.05, 4.69) is 11.9 Å². The molecule has 1 fully saturated rings. The molecule has 1 aromatic rings. The normalized spacial score (nSPS) is 14.7. The van der Waals surface area contributed by atoms with Crippen LogP contribution in [0.15, 0.2) is 12.3 Å². The summed E-state index contributed by atoms with van der Waals surface area (Å²) in [6, 6.07) is 2.00. The third-order valence-electron chi connectivity index (χ3n) is 2.83. The molecular weight excluding hydrogens is 238 g/mol. The molecule has 1 aromatic heterocycles. The van der Waals surface area contributed by atoms with Crippen LogP contribution in [0.25, 0.3) is 0 Å². The number of halogens is 1. The van der Waals surface area contributed by atoms with Crippen molar-refractivity contribution in [1.29, 1.82) is 0 Å². The summed E-state index contributed by atoms with van der Waals surface area (Å²) in [5.74, 6) is 0.264. The molecule has 0 spiro atoms. The van der Waals surface area contributed by atoms with Gasteiger partial charge in [-0.2, -0.15) is 0 Å². The number of rotatable bonds is 4. The van der Waals surface area contributed by atoms with Gasteiger partial charge in [-0.05, 0) is 25.3 Å². The average molecular weight is 254 g/mol. The second-order valence-corrected chi connectivity index (χ2v) is 4.73. The van der Waals surface area contributed by atoms with Crippen LogP contribution in [0.4, 0.5) is 5.82 Å². The zero-order chi connectivity index (χ0) is 12.4. The summed E-state index contributed by atoms with van der Waals surface area (Å²) in [5, 5.41) is 0.336. The summed E-state index contributed by atoms with van der Waals surface area (Å²) < 4.78 is 0. The first-order chi connectivity index (χ1) is 8.13. The van der Waals surface area contributed by atoms with Gasteiger partial charge in [0.05, 0.1) is 10.6 Å². The van der Waals surface area contributed by atoms with E-state index in [1.807, 2.05) is 4.90 Å². The Bertz CT molecular complexity index is 432. The van der Waals surface area contributed by atoms with Gasteiger partial charge in [-0.1, -0.05) is 18.5 Å². The summed E-state index contributed by atoms with van der Waals surface area (Å²) in [7, 11) is 0. The van der Waals surface area contributed by atoms with Gasteiger partial charge in [-0.3, -0.25) is 4.79 Å². The number of amides is 1. The Morgan fingerprint density at radius 1 is 1.65 bits per heavy atom. The Morgan fingerprint density at radius 2 is 2.35 bits per heavy atom. The molecule has 92 valence electrons. The highest BCUT2D eigenvalue weighted by atomic mass is 35.5. The number of carbonyl (C=O) groups is 1. The summed E-state index contributed by atoms with van der Waals surface area (Å²) >= 11 is 5.88. The molecule has 2 rings (SSSR count). The molecule has 0 aromatic carbocycles. The van der Waals surface area contributed by atoms with Gasteiger partial charge < -0.3 is 10.6 Å². The fourth-order valence-electron chi connectivity index (χ4n) is 1.81. The lowest BCUT2D eigenvalue weighted by Crippen LogP contribution is -2.33. The minimum absolute atomic E-state index is 0.00347. The molecule has 0 aliphatic heterocycles. The lowest BCUT2D eigenvalue weighted by atomic mass is 10.2. The van der Waals surface area contributed by atoms with Crippen LogP contribution in [-0.2, 0) is 0 Å². The van der Waals surface area contributed by atoms with Crippen LogP contribution >= 0.6 is 11.6 Å². The highest BCUT2D eigenvalue weighted by Crippen LogP contribution is 2.29. The fraction of sp³-hybridized carbons (Fsp3) is 0.500. The monoisotopic (exact) mass is 253 g/mol. The zero-order valence-corrected chi connectivity index (χ0v) is 10.6. The van der Waals surface area contributed by atoms with E-state index in [1.165, 1.54) is 6.20 Å². The van der Waals surface area contributed by atoms with Crippen molar-refractivity contribution in [2.75, 3.05) is 12.3 Å². The van der Waals surface area contributed by atoms with E-state index in [-0.39, 0.29) is 11.7 Å². The molecule has 0 bridgehead atoms. The third-order valence-corrected chi connectivity index (χ3v) is 3.13. The Morgan fingerprint density at radius 3 is 2.88 bits per heavy atom. The quantitative estimate of drug-likeness (QED) is 0.896. The molecule has 0 unspecified atom stereocenters. The Kier molecular flexibility index (Phi) is 3.52. The molecule has 17 heavy (non-hydrogen) atoms. The van der Waals surface area contributed by atoms with Crippen LogP contribution in [0.1, 0.15) is 36.5 Å². The summed E-state index contributed by atoms with van der Waals surface area (Å²) in [6.07, 6.45) is 4.65. The van der Waals surface area contributed by atoms with Gasteiger partial charge in [0.1, 0.15) is 5.82 Å². The van der Waals surface area contributed by atoms with Gasteiger partial charge in [-0.25, -0.2) is 4.98 Å². The van der Waals surface area contributed by atoms with Crippen LogP contribution in [0.5, 0.6) is 0 Å². The van der Waals surface area contributed by atoms with Crippen molar-refractivity contribution in [3.63, 3.8) is 0 Å². The van der Waals surface area contributed by atoms with E-state index in [1.54, 1.807) is 6.07 Å². The largest absolute Gasteiger partial charge is 0.382 e. The first-order valence-electron chi connectivity index (χ1n) is 5.85. The van der Waals surface area contributed by atoms with E-state index in [0.717, 1.165) is 25.8 Å². The standard InChI is InChI=1S/C12H16ClN3O/c1-2-5-16(9-3-4-9)12(17)8-6-10(13)11(14)15-7-8/h6-7,9H,2-5H2,1H3,(H2,14,15). The van der Waals surface area contributed by atoms with Crippen molar-refractivity contribution in [1.82, 2.24) is 9.88 Å². The molecule has 1 aliphatic rings. The number of anilines is 1. The molecule has 0 saturated heterocycles. The molecule has 0 atom stereocenters. The molecule has 1 aliphatic carbocycles. The predicted octanol–water partition coefficient (Wildman–Crippen LogP) is 2.33. The Balaban J connectivity index is 2.19. The van der Waals surface area contributed by atoms with Crippen molar-refractivity contribution >= 4 is 23.3 Å². The predicted molar refractivity (Wildman–Crippen MR) is 68.0 cm³/mol. The van der Waals surface area contributed by atoms with E-state index in [9.17, 15) is 4.79 Å². The number of nitrogens with two attached hydrogens (primary N) is 1. The van der Waals surface area contributed by atoms with Crippen molar-refractivity contribution in [2.45, 2.75) is 32.2 Å². The maximum absolute atomic E-state index is 12.3. The summed E-state index contributed by atoms with van der Waals surface area (Å²) in [4.78, 5) is 18.1. The topological polar surface area (TPSA) is 59.2 Å². The number of nitrogen functional groups attached to an aromatic ring is 1. The molecule has 2 N–H and O–H groups in total. The van der Waals surface area contributed by atoms with E-state index in [4.69, 9.17) is 17.3 Å². The highest BCUT2D eigenvalue weighted by Gasteiger charge is 2.32. The number of carbonyl (C=O) groups excluding carboxylic acids is 1. The smallest absolute Gasteiger partial charge is 0.255 e. The minimum atomic E-state index is 0.00347. The second kappa shape index (κ2) is 4.92.